The molecule has 0 aliphatic rings. The quantitative estimate of drug-likeness (QED) is 0.102. The zero-order valence-corrected chi connectivity index (χ0v) is 26.0. The molecule has 4 heteroatoms. The third kappa shape index (κ3) is 21.9. The minimum absolute atomic E-state index is 0.827. The Morgan fingerprint density at radius 3 is 1.06 bits per heavy atom. The minimum Gasteiger partial charge on any atom is -0.316 e. The molecule has 0 saturated carbocycles. The molecular weight excluding hydrogens is 440 g/mol. The molecule has 0 aromatic rings. The van der Waals surface area contributed by atoms with Gasteiger partial charge in [0.05, 0.1) is 0 Å². The van der Waals surface area contributed by atoms with E-state index in [0.717, 1.165) is 11.8 Å². The van der Waals surface area contributed by atoms with E-state index in [2.05, 4.69) is 62.0 Å². The molecule has 218 valence electrons. The first-order chi connectivity index (χ1) is 17.6. The Balaban J connectivity index is 3.94. The van der Waals surface area contributed by atoms with Crippen LogP contribution in [0.1, 0.15) is 131 Å². The minimum atomic E-state index is 0.827. The Hall–Kier alpha value is -0.160. The van der Waals surface area contributed by atoms with Crippen LogP contribution >= 0.6 is 0 Å². The molecule has 0 aliphatic carbocycles. The summed E-state index contributed by atoms with van der Waals surface area (Å²) >= 11 is 0. The van der Waals surface area contributed by atoms with Gasteiger partial charge in [0, 0.05) is 0 Å². The van der Waals surface area contributed by atoms with E-state index >= 15 is 0 Å². The first-order valence-electron chi connectivity index (χ1n) is 16.5. The average molecular weight is 511 g/mol. The molecule has 0 saturated heterocycles. The van der Waals surface area contributed by atoms with Crippen molar-refractivity contribution >= 4 is 0 Å². The molecule has 0 aromatic heterocycles. The van der Waals surface area contributed by atoms with Gasteiger partial charge in [-0.25, -0.2) is 0 Å². The second kappa shape index (κ2) is 27.9. The highest BCUT2D eigenvalue weighted by Crippen LogP contribution is 2.11. The van der Waals surface area contributed by atoms with E-state index in [1.54, 1.807) is 0 Å². The number of unbranched alkanes of at least 4 members (excludes halogenated alkanes) is 5. The molecule has 0 aromatic carbocycles. The number of rotatable bonds is 29. The van der Waals surface area contributed by atoms with E-state index in [-0.39, 0.29) is 0 Å². The fourth-order valence-electron chi connectivity index (χ4n) is 4.94. The Morgan fingerprint density at radius 1 is 0.444 bits per heavy atom. The lowest BCUT2D eigenvalue weighted by molar-refractivity contribution is 0.240. The van der Waals surface area contributed by atoms with Gasteiger partial charge in [-0.2, -0.15) is 0 Å². The van der Waals surface area contributed by atoms with E-state index in [0.29, 0.717) is 0 Å². The molecular formula is C32H70N4. The molecule has 0 spiro atoms. The van der Waals surface area contributed by atoms with Crippen LogP contribution in [0.5, 0.6) is 0 Å². The largest absolute Gasteiger partial charge is 0.316 e. The maximum absolute atomic E-state index is 3.77. The SMILES string of the molecule is CCCCN(CCCC)CCC(CC)CNCCCCNCC(CC)CCN(CCCC)CCCC. The number of nitrogens with one attached hydrogen (secondary N) is 2. The number of hydrogen-bond acceptors (Lipinski definition) is 4. The average Bonchev–Trinajstić information content (AvgIpc) is 2.90. The van der Waals surface area contributed by atoms with Gasteiger partial charge in [0.2, 0.25) is 0 Å². The summed E-state index contributed by atoms with van der Waals surface area (Å²) in [5.74, 6) is 1.65. The maximum atomic E-state index is 3.77. The second-order valence-electron chi connectivity index (χ2n) is 11.3. The molecule has 2 unspecified atom stereocenters. The van der Waals surface area contributed by atoms with Crippen LogP contribution < -0.4 is 10.6 Å². The topological polar surface area (TPSA) is 30.5 Å². The maximum Gasteiger partial charge on any atom is -0.00156 e. The molecule has 2 atom stereocenters. The van der Waals surface area contributed by atoms with E-state index in [1.165, 1.54) is 155 Å². The summed E-state index contributed by atoms with van der Waals surface area (Å²) in [5.41, 5.74) is 0. The predicted octanol–water partition coefficient (Wildman–Crippen LogP) is 7.58. The Bertz CT molecular complexity index is 363. The number of hydrogen-bond donors (Lipinski definition) is 2. The molecule has 2 N–H and O–H groups in total. The van der Waals surface area contributed by atoms with Crippen molar-refractivity contribution in [2.24, 2.45) is 11.8 Å². The third-order valence-corrected chi connectivity index (χ3v) is 8.00. The van der Waals surface area contributed by atoms with Gasteiger partial charge in [0.1, 0.15) is 0 Å². The lowest BCUT2D eigenvalue weighted by atomic mass is 10.0. The first kappa shape index (κ1) is 35.8. The summed E-state index contributed by atoms with van der Waals surface area (Å²) in [6, 6.07) is 0. The van der Waals surface area contributed by atoms with Crippen molar-refractivity contribution in [3.05, 3.63) is 0 Å². The van der Waals surface area contributed by atoms with Gasteiger partial charge in [0.25, 0.3) is 0 Å². The van der Waals surface area contributed by atoms with Gasteiger partial charge in [-0.1, -0.05) is 80.1 Å². The van der Waals surface area contributed by atoms with Crippen molar-refractivity contribution in [3.8, 4) is 0 Å². The summed E-state index contributed by atoms with van der Waals surface area (Å²) in [6.07, 6.45) is 18.5. The van der Waals surface area contributed by atoms with Crippen LogP contribution in [0.2, 0.25) is 0 Å². The van der Waals surface area contributed by atoms with E-state index in [4.69, 9.17) is 0 Å². The van der Waals surface area contributed by atoms with Gasteiger partial charge in [-0.15, -0.1) is 0 Å². The molecule has 0 heterocycles. The molecule has 4 nitrogen and oxygen atoms in total. The normalized spacial score (nSPS) is 13.7. The van der Waals surface area contributed by atoms with Crippen LogP contribution in [0.15, 0.2) is 0 Å². The molecule has 0 bridgehead atoms. The Kier molecular flexibility index (Phi) is 27.7. The first-order valence-corrected chi connectivity index (χ1v) is 16.5. The van der Waals surface area contributed by atoms with Crippen LogP contribution in [0.4, 0.5) is 0 Å². The highest BCUT2D eigenvalue weighted by atomic mass is 15.1. The Labute approximate surface area is 229 Å². The fourth-order valence-corrected chi connectivity index (χ4v) is 4.94. The van der Waals surface area contributed by atoms with Crippen molar-refractivity contribution in [1.29, 1.82) is 0 Å². The van der Waals surface area contributed by atoms with Gasteiger partial charge in [-0.05, 0) is 129 Å². The van der Waals surface area contributed by atoms with Gasteiger partial charge >= 0.3 is 0 Å². The standard InChI is InChI=1S/C32H70N4/c1-7-13-23-35(24-14-8-2)27-19-31(11-5)29-33-21-17-18-22-34-30-32(12-6)20-28-36(25-15-9-3)26-16-10-4/h31-34H,7-30H2,1-6H3. The summed E-state index contributed by atoms with van der Waals surface area (Å²) in [6.45, 7) is 26.5. The second-order valence-corrected chi connectivity index (χ2v) is 11.3. The van der Waals surface area contributed by atoms with Gasteiger partial charge < -0.3 is 20.4 Å². The van der Waals surface area contributed by atoms with Crippen molar-refractivity contribution < 1.29 is 0 Å². The van der Waals surface area contributed by atoms with Crippen molar-refractivity contribution in [3.63, 3.8) is 0 Å². The van der Waals surface area contributed by atoms with E-state index < -0.39 is 0 Å². The molecule has 0 fully saturated rings. The van der Waals surface area contributed by atoms with Crippen LogP contribution in [-0.4, -0.2) is 75.2 Å². The predicted molar refractivity (Wildman–Crippen MR) is 164 cm³/mol. The van der Waals surface area contributed by atoms with Crippen LogP contribution in [0.3, 0.4) is 0 Å². The van der Waals surface area contributed by atoms with Crippen molar-refractivity contribution in [1.82, 2.24) is 20.4 Å². The lowest BCUT2D eigenvalue weighted by Gasteiger charge is -2.25. The molecule has 0 rings (SSSR count). The number of nitrogens with zero attached hydrogens (tertiary/aromatic N) is 2. The molecule has 0 radical (unpaired) electrons. The Morgan fingerprint density at radius 2 is 0.778 bits per heavy atom. The highest BCUT2D eigenvalue weighted by Gasteiger charge is 2.11. The van der Waals surface area contributed by atoms with Crippen LogP contribution in [-0.2, 0) is 0 Å². The lowest BCUT2D eigenvalue weighted by Crippen LogP contribution is -2.32. The summed E-state index contributed by atoms with van der Waals surface area (Å²) in [5, 5.41) is 7.54. The molecule has 36 heavy (non-hydrogen) atoms. The zero-order chi connectivity index (χ0) is 26.7. The van der Waals surface area contributed by atoms with E-state index in [1.807, 2.05) is 0 Å². The van der Waals surface area contributed by atoms with Crippen LogP contribution in [0, 0.1) is 11.8 Å². The summed E-state index contributed by atoms with van der Waals surface area (Å²) in [7, 11) is 0. The smallest absolute Gasteiger partial charge is 0.00156 e. The van der Waals surface area contributed by atoms with Crippen molar-refractivity contribution in [2.45, 2.75) is 131 Å². The zero-order valence-electron chi connectivity index (χ0n) is 26.0. The van der Waals surface area contributed by atoms with Gasteiger partial charge in [-0.3, -0.25) is 0 Å². The molecule has 0 aliphatic heterocycles. The van der Waals surface area contributed by atoms with Crippen molar-refractivity contribution in [2.75, 3.05) is 65.4 Å². The van der Waals surface area contributed by atoms with Crippen LogP contribution in [0.25, 0.3) is 0 Å². The fraction of sp³-hybridized carbons (Fsp3) is 1.00. The van der Waals surface area contributed by atoms with Gasteiger partial charge in [0.15, 0.2) is 0 Å². The summed E-state index contributed by atoms with van der Waals surface area (Å²) < 4.78 is 0. The molecule has 0 amide bonds. The highest BCUT2D eigenvalue weighted by molar-refractivity contribution is 4.68. The monoisotopic (exact) mass is 511 g/mol. The summed E-state index contributed by atoms with van der Waals surface area (Å²) in [4.78, 5) is 5.44. The third-order valence-electron chi connectivity index (χ3n) is 8.00. The van der Waals surface area contributed by atoms with E-state index in [9.17, 15) is 0 Å².